The molecule has 1 saturated carbocycles. The Hall–Kier alpha value is -4.19. The molecule has 2 aliphatic carbocycles. The second-order valence-electron chi connectivity index (χ2n) is 16.8. The summed E-state index contributed by atoms with van der Waals surface area (Å²) in [5.74, 6) is -0.763. The zero-order valence-electron chi connectivity index (χ0n) is 36.5. The van der Waals surface area contributed by atoms with Crippen molar-refractivity contribution in [2.45, 2.75) is 140 Å². The lowest BCUT2D eigenvalue weighted by Gasteiger charge is -2.59. The van der Waals surface area contributed by atoms with Crippen molar-refractivity contribution < 1.29 is 38.9 Å². The van der Waals surface area contributed by atoms with E-state index >= 15 is 0 Å². The van der Waals surface area contributed by atoms with E-state index in [0.29, 0.717) is 43.7 Å². The van der Waals surface area contributed by atoms with Crippen molar-refractivity contribution in [2.75, 3.05) is 34.0 Å². The first-order chi connectivity index (χ1) is 29.3. The number of nitrogens with zero attached hydrogens (tertiary/aromatic N) is 2. The number of benzene rings is 2. The predicted molar refractivity (Wildman–Crippen MR) is 236 cm³/mol. The summed E-state index contributed by atoms with van der Waals surface area (Å²) in [6, 6.07) is 14.6. The molecule has 1 fully saturated rings. The van der Waals surface area contributed by atoms with E-state index in [0.717, 1.165) is 67.4 Å². The molecule has 0 bridgehead atoms. The number of hydrogen-bond donors (Lipinski definition) is 3. The maximum atomic E-state index is 14.2. The number of amides is 2. The number of nitrogens with one attached hydrogen (secondary N) is 1. The molecule has 0 radical (unpaired) electrons. The smallest absolute Gasteiger partial charge is 0.412 e. The van der Waals surface area contributed by atoms with Gasteiger partial charge in [0.2, 0.25) is 11.7 Å². The Morgan fingerprint density at radius 3 is 2.33 bits per heavy atom. The fourth-order valence-electron chi connectivity index (χ4n) is 9.75. The average molecular weight is 830 g/mol. The number of allylic oxidation sites excluding steroid dienone is 1. The summed E-state index contributed by atoms with van der Waals surface area (Å²) in [5.41, 5.74) is 3.56. The number of carbonyl (C=O) groups excluding carboxylic acids is 2. The van der Waals surface area contributed by atoms with E-state index in [9.17, 15) is 19.8 Å². The van der Waals surface area contributed by atoms with Crippen LogP contribution < -0.4 is 14.8 Å². The number of oxime groups is 1. The molecule has 11 nitrogen and oxygen atoms in total. The molecular formula is C49H71N3O8. The highest BCUT2D eigenvalue weighted by Gasteiger charge is 2.65. The molecule has 2 aromatic rings. The zero-order chi connectivity index (χ0) is 42.7. The van der Waals surface area contributed by atoms with Crippen LogP contribution in [0.4, 0.5) is 4.79 Å². The minimum absolute atomic E-state index is 0.0297. The Labute approximate surface area is 358 Å². The normalized spacial score (nSPS) is 23.4. The number of likely N-dealkylation sites (N-methyl/N-ethyl adjacent to an activating group) is 1. The van der Waals surface area contributed by atoms with Crippen molar-refractivity contribution in [1.82, 2.24) is 10.2 Å². The first-order valence-corrected chi connectivity index (χ1v) is 22.7. The van der Waals surface area contributed by atoms with Gasteiger partial charge in [0.05, 0.1) is 18.2 Å². The molecule has 5 rings (SSSR count). The van der Waals surface area contributed by atoms with Crippen LogP contribution in [0.25, 0.3) is 0 Å². The molecule has 3 N–H and O–H groups in total. The molecule has 2 aromatic carbocycles. The molecule has 11 heteroatoms. The van der Waals surface area contributed by atoms with Crippen LogP contribution in [0.2, 0.25) is 0 Å². The van der Waals surface area contributed by atoms with Crippen molar-refractivity contribution in [1.29, 1.82) is 0 Å². The van der Waals surface area contributed by atoms with E-state index < -0.39 is 23.8 Å². The van der Waals surface area contributed by atoms with E-state index in [1.54, 1.807) is 19.3 Å². The largest absolute Gasteiger partial charge is 0.459 e. The summed E-state index contributed by atoms with van der Waals surface area (Å²) in [6.07, 6.45) is 19.4. The zero-order valence-corrected chi connectivity index (χ0v) is 36.5. The maximum Gasteiger partial charge on any atom is 0.412 e. The Kier molecular flexibility index (Phi) is 19.0. The van der Waals surface area contributed by atoms with Crippen molar-refractivity contribution >= 4 is 17.7 Å². The lowest BCUT2D eigenvalue weighted by Crippen LogP contribution is -2.69. The van der Waals surface area contributed by atoms with Gasteiger partial charge in [-0.05, 0) is 73.3 Å². The lowest BCUT2D eigenvalue weighted by atomic mass is 9.55. The van der Waals surface area contributed by atoms with Gasteiger partial charge in [-0.2, -0.15) is 0 Å². The Morgan fingerprint density at radius 2 is 1.65 bits per heavy atom. The van der Waals surface area contributed by atoms with Crippen LogP contribution >= 0.6 is 0 Å². The van der Waals surface area contributed by atoms with E-state index in [-0.39, 0.29) is 43.5 Å². The van der Waals surface area contributed by atoms with E-state index in [1.165, 1.54) is 38.5 Å². The SMILES string of the molecule is C=CCOC12Oc3ccc(OC(=O)NCc4ccccc4)cc3C3C(CCCCO)C(CCCCO)C=C(C(=NOC)CC1N(C)C(=O)CCCCCCCCCCC)C32. The van der Waals surface area contributed by atoms with Crippen LogP contribution in [0.15, 0.2) is 78.0 Å². The molecule has 60 heavy (non-hydrogen) atoms. The summed E-state index contributed by atoms with van der Waals surface area (Å²) in [5, 5.41) is 27.2. The summed E-state index contributed by atoms with van der Waals surface area (Å²) in [7, 11) is 3.41. The quantitative estimate of drug-likeness (QED) is 0.0484. The monoisotopic (exact) mass is 830 g/mol. The van der Waals surface area contributed by atoms with Crippen molar-refractivity contribution in [3.8, 4) is 11.5 Å². The first kappa shape index (κ1) is 46.9. The number of fused-ring (bicyclic) bond motifs is 2. The van der Waals surface area contributed by atoms with Gasteiger partial charge in [-0.25, -0.2) is 4.79 Å². The maximum absolute atomic E-state index is 14.2. The number of hydrogen-bond acceptors (Lipinski definition) is 9. The van der Waals surface area contributed by atoms with Crippen molar-refractivity contribution in [3.63, 3.8) is 0 Å². The van der Waals surface area contributed by atoms with Gasteiger partial charge in [-0.3, -0.25) is 4.79 Å². The van der Waals surface area contributed by atoms with Gasteiger partial charge in [0, 0.05) is 51.1 Å². The molecular weight excluding hydrogens is 759 g/mol. The molecule has 2 amide bonds. The molecule has 1 heterocycles. The van der Waals surface area contributed by atoms with Crippen LogP contribution in [0.1, 0.15) is 133 Å². The van der Waals surface area contributed by atoms with Gasteiger partial charge in [0.25, 0.3) is 0 Å². The van der Waals surface area contributed by atoms with Gasteiger partial charge in [-0.1, -0.05) is 119 Å². The average Bonchev–Trinajstić information content (AvgIpc) is 3.26. The fourth-order valence-corrected chi connectivity index (χ4v) is 9.75. The van der Waals surface area contributed by atoms with E-state index in [4.69, 9.17) is 19.0 Å². The van der Waals surface area contributed by atoms with Gasteiger partial charge < -0.3 is 39.5 Å². The number of unbranched alkanes of at least 4 members (excludes halogenated alkanes) is 10. The second-order valence-corrected chi connectivity index (χ2v) is 16.8. The molecule has 0 saturated heterocycles. The number of aliphatic hydroxyl groups is 2. The third kappa shape index (κ3) is 12.0. The van der Waals surface area contributed by atoms with Crippen molar-refractivity contribution in [2.24, 2.45) is 22.9 Å². The van der Waals surface area contributed by atoms with E-state index in [1.807, 2.05) is 54.4 Å². The fraction of sp³-hybridized carbons (Fsp3) is 0.612. The Morgan fingerprint density at radius 1 is 0.950 bits per heavy atom. The number of aliphatic hydroxyl groups excluding tert-OH is 2. The molecule has 1 aliphatic heterocycles. The first-order valence-electron chi connectivity index (χ1n) is 22.7. The molecule has 3 aliphatic rings. The summed E-state index contributed by atoms with van der Waals surface area (Å²) in [4.78, 5) is 34.8. The van der Waals surface area contributed by atoms with Gasteiger partial charge in [-0.15, -0.1) is 6.58 Å². The highest BCUT2D eigenvalue weighted by atomic mass is 16.7. The van der Waals surface area contributed by atoms with Crippen LogP contribution in [0, 0.1) is 17.8 Å². The van der Waals surface area contributed by atoms with E-state index in [2.05, 4.69) is 30.1 Å². The molecule has 6 unspecified atom stereocenters. The third-order valence-electron chi connectivity index (χ3n) is 12.7. The number of carbonyl (C=O) groups is 2. The third-order valence-corrected chi connectivity index (χ3v) is 12.7. The summed E-state index contributed by atoms with van der Waals surface area (Å²) >= 11 is 0. The minimum Gasteiger partial charge on any atom is -0.459 e. The second kappa shape index (κ2) is 24.3. The topological polar surface area (TPSA) is 139 Å². The summed E-state index contributed by atoms with van der Waals surface area (Å²) in [6.45, 7) is 6.97. The number of ether oxygens (including phenoxy) is 3. The van der Waals surface area contributed by atoms with Crippen LogP contribution in [-0.2, 0) is 20.9 Å². The predicted octanol–water partition coefficient (Wildman–Crippen LogP) is 9.62. The number of rotatable bonds is 26. The van der Waals surface area contributed by atoms with Gasteiger partial charge in [0.15, 0.2) is 0 Å². The Bertz CT molecular complexity index is 1720. The standard InChI is InChI=1S/C49H71N3O8/c1-5-7-8-9-10-11-12-13-17-26-45(55)52(3)44-34-42(51-57-4)40-32-37(24-18-20-29-53)39(25-19-21-30-54)46-41-33-38(59-48(56)50-35-36-22-15-14-16-23-36)27-28-43(41)60-49(44,47(40)46)58-31-6-2/h6,14-16,22-23,27-28,32-33,37,39,44,46-47,53-54H,2,5,7-13,17-21,24-26,29-31,34-35H2,1,3-4H3,(H,50,56). The van der Waals surface area contributed by atoms with Crippen LogP contribution in [-0.4, -0.2) is 78.6 Å². The lowest BCUT2D eigenvalue weighted by molar-refractivity contribution is -0.255. The Balaban J connectivity index is 1.53. The summed E-state index contributed by atoms with van der Waals surface area (Å²) < 4.78 is 20.1. The molecule has 6 atom stereocenters. The van der Waals surface area contributed by atoms with Gasteiger partial charge >= 0.3 is 6.09 Å². The van der Waals surface area contributed by atoms with Gasteiger partial charge in [0.1, 0.15) is 24.7 Å². The minimum atomic E-state index is -1.31. The molecule has 0 aromatic heterocycles. The molecule has 330 valence electrons. The highest BCUT2D eigenvalue weighted by molar-refractivity contribution is 6.03. The molecule has 0 spiro atoms. The van der Waals surface area contributed by atoms with Crippen molar-refractivity contribution in [3.05, 3.63) is 84.0 Å². The highest BCUT2D eigenvalue weighted by Crippen LogP contribution is 2.61. The van der Waals surface area contributed by atoms with Crippen LogP contribution in [0.3, 0.4) is 0 Å². The van der Waals surface area contributed by atoms with Crippen LogP contribution in [0.5, 0.6) is 11.5 Å².